The number of hydrogen-bond acceptors (Lipinski definition) is 1. The van der Waals surface area contributed by atoms with E-state index in [4.69, 9.17) is 5.73 Å². The van der Waals surface area contributed by atoms with Crippen LogP contribution >= 0.6 is 0 Å². The van der Waals surface area contributed by atoms with Crippen LogP contribution in [0.2, 0.25) is 0 Å². The van der Waals surface area contributed by atoms with E-state index >= 15 is 0 Å². The lowest BCUT2D eigenvalue weighted by Gasteiger charge is -2.23. The maximum atomic E-state index is 10.3. The Balaban J connectivity index is 3.22. The molecule has 3 nitrogen and oxygen atoms in total. The molecule has 0 aliphatic carbocycles. The van der Waals surface area contributed by atoms with Gasteiger partial charge in [-0.25, -0.2) is 0 Å². The van der Waals surface area contributed by atoms with Gasteiger partial charge < -0.3 is 10.2 Å². The maximum Gasteiger partial charge on any atom is 0.217 e. The number of carbonyl (C=O) groups is 1. The molecule has 0 rings (SSSR count). The number of carbonyl (C=O) groups excluding carboxylic acids is 1. The van der Waals surface area contributed by atoms with E-state index in [0.29, 0.717) is 6.42 Å². The molecule has 0 unspecified atom stereocenters. The fourth-order valence-electron chi connectivity index (χ4n) is 0.885. The Morgan fingerprint density at radius 2 is 1.82 bits per heavy atom. The van der Waals surface area contributed by atoms with E-state index in [2.05, 4.69) is 21.1 Å². The second-order valence-electron chi connectivity index (χ2n) is 3.94. The molecule has 66 valence electrons. The molecule has 0 saturated carbocycles. The van der Waals surface area contributed by atoms with Crippen molar-refractivity contribution >= 4 is 5.91 Å². The number of nitrogens with zero attached hydrogens (tertiary/aromatic N) is 1. The van der Waals surface area contributed by atoms with Crippen LogP contribution in [0.5, 0.6) is 0 Å². The predicted octanol–water partition coefficient (Wildman–Crippen LogP) is 0.348. The Morgan fingerprint density at radius 3 is 2.18 bits per heavy atom. The first-order valence-electron chi connectivity index (χ1n) is 4.00. The van der Waals surface area contributed by atoms with E-state index < -0.39 is 0 Å². The highest BCUT2D eigenvalue weighted by atomic mass is 16.1. The van der Waals surface area contributed by atoms with E-state index in [9.17, 15) is 4.79 Å². The van der Waals surface area contributed by atoms with Gasteiger partial charge in [0.05, 0.1) is 27.7 Å². The second-order valence-corrected chi connectivity index (χ2v) is 3.94. The fourth-order valence-corrected chi connectivity index (χ4v) is 0.885. The van der Waals surface area contributed by atoms with Crippen molar-refractivity contribution in [1.29, 1.82) is 0 Å². The van der Waals surface area contributed by atoms with Crippen LogP contribution in [-0.4, -0.2) is 38.1 Å². The lowest BCUT2D eigenvalue weighted by Crippen LogP contribution is -2.35. The van der Waals surface area contributed by atoms with E-state index in [1.807, 2.05) is 0 Å². The van der Waals surface area contributed by atoms with Crippen LogP contribution in [0.1, 0.15) is 19.3 Å². The first kappa shape index (κ1) is 10.4. The summed E-state index contributed by atoms with van der Waals surface area (Å²) in [6, 6.07) is 0. The molecule has 0 fully saturated rings. The highest BCUT2D eigenvalue weighted by Gasteiger charge is 2.05. The number of primary amides is 1. The monoisotopic (exact) mass is 159 g/mol. The van der Waals surface area contributed by atoms with Crippen molar-refractivity contribution in [3.05, 3.63) is 0 Å². The summed E-state index contributed by atoms with van der Waals surface area (Å²) >= 11 is 0. The van der Waals surface area contributed by atoms with Crippen LogP contribution in [0.4, 0.5) is 0 Å². The van der Waals surface area contributed by atoms with Gasteiger partial charge in [0.1, 0.15) is 0 Å². The molecule has 0 aromatic rings. The molecule has 0 aromatic heterocycles. The van der Waals surface area contributed by atoms with Crippen molar-refractivity contribution in [2.75, 3.05) is 27.7 Å². The molecule has 1 amide bonds. The molecule has 0 aliphatic heterocycles. The Bertz CT molecular complexity index is 127. The summed E-state index contributed by atoms with van der Waals surface area (Å²) in [5.74, 6) is -0.189. The number of quaternary nitrogens is 1. The van der Waals surface area contributed by atoms with Crippen molar-refractivity contribution in [3.63, 3.8) is 0 Å². The normalized spacial score (nSPS) is 11.5. The minimum absolute atomic E-state index is 0.189. The Kier molecular flexibility index (Phi) is 4.11. The predicted molar refractivity (Wildman–Crippen MR) is 45.9 cm³/mol. The number of amides is 1. The van der Waals surface area contributed by atoms with Crippen molar-refractivity contribution in [1.82, 2.24) is 0 Å². The molecule has 2 N–H and O–H groups in total. The van der Waals surface area contributed by atoms with Gasteiger partial charge in [-0.15, -0.1) is 0 Å². The molecule has 0 aromatic carbocycles. The molecular weight excluding hydrogens is 140 g/mol. The average Bonchev–Trinajstić information content (AvgIpc) is 1.78. The van der Waals surface area contributed by atoms with E-state index in [0.717, 1.165) is 23.9 Å². The average molecular weight is 159 g/mol. The lowest BCUT2D eigenvalue weighted by atomic mass is 10.2. The van der Waals surface area contributed by atoms with Gasteiger partial charge in [-0.1, -0.05) is 0 Å². The number of hydrogen-bond donors (Lipinski definition) is 1. The molecule has 0 atom stereocenters. The van der Waals surface area contributed by atoms with Crippen molar-refractivity contribution in [2.45, 2.75) is 19.3 Å². The molecule has 0 spiro atoms. The van der Waals surface area contributed by atoms with Gasteiger partial charge in [0.15, 0.2) is 0 Å². The van der Waals surface area contributed by atoms with E-state index in [-0.39, 0.29) is 5.91 Å². The topological polar surface area (TPSA) is 43.1 Å². The number of unbranched alkanes of at least 4 members (excludes halogenated alkanes) is 1. The van der Waals surface area contributed by atoms with E-state index in [1.165, 1.54) is 0 Å². The zero-order chi connectivity index (χ0) is 8.91. The quantitative estimate of drug-likeness (QED) is 0.456. The second kappa shape index (κ2) is 4.34. The minimum atomic E-state index is -0.189. The van der Waals surface area contributed by atoms with Gasteiger partial charge in [0, 0.05) is 6.42 Å². The third kappa shape index (κ3) is 9.43. The molecule has 3 heteroatoms. The molecule has 11 heavy (non-hydrogen) atoms. The summed E-state index contributed by atoms with van der Waals surface area (Å²) in [7, 11) is 6.43. The van der Waals surface area contributed by atoms with Gasteiger partial charge in [-0.05, 0) is 12.8 Å². The third-order valence-corrected chi connectivity index (χ3v) is 1.50. The van der Waals surface area contributed by atoms with Crippen LogP contribution in [0, 0.1) is 0 Å². The molecule has 0 radical (unpaired) electrons. The smallest absolute Gasteiger partial charge is 0.217 e. The molecular formula is C8H19N2O+. The molecule has 0 saturated heterocycles. The van der Waals surface area contributed by atoms with Gasteiger partial charge in [0.25, 0.3) is 0 Å². The van der Waals surface area contributed by atoms with Crippen molar-refractivity contribution in [2.24, 2.45) is 5.73 Å². The van der Waals surface area contributed by atoms with Crippen LogP contribution < -0.4 is 5.73 Å². The Morgan fingerprint density at radius 1 is 1.27 bits per heavy atom. The number of nitrogens with two attached hydrogens (primary N) is 1. The van der Waals surface area contributed by atoms with E-state index in [1.54, 1.807) is 0 Å². The molecule has 0 aliphatic rings. The molecule has 0 heterocycles. The zero-order valence-corrected chi connectivity index (χ0v) is 7.76. The minimum Gasteiger partial charge on any atom is -0.370 e. The Hall–Kier alpha value is -0.570. The Labute approximate surface area is 68.8 Å². The van der Waals surface area contributed by atoms with Crippen LogP contribution in [-0.2, 0) is 4.79 Å². The van der Waals surface area contributed by atoms with Crippen LogP contribution in [0.3, 0.4) is 0 Å². The first-order valence-corrected chi connectivity index (χ1v) is 4.00. The van der Waals surface area contributed by atoms with Crippen molar-refractivity contribution in [3.8, 4) is 0 Å². The van der Waals surface area contributed by atoms with Gasteiger partial charge in [0.2, 0.25) is 5.91 Å². The van der Waals surface area contributed by atoms with Crippen LogP contribution in [0.25, 0.3) is 0 Å². The van der Waals surface area contributed by atoms with Crippen molar-refractivity contribution < 1.29 is 9.28 Å². The SMILES string of the molecule is C[N+](C)(C)CCCCC(N)=O. The third-order valence-electron chi connectivity index (χ3n) is 1.50. The van der Waals surface area contributed by atoms with Gasteiger partial charge in [-0.2, -0.15) is 0 Å². The maximum absolute atomic E-state index is 10.3. The summed E-state index contributed by atoms with van der Waals surface area (Å²) in [4.78, 5) is 10.3. The van der Waals surface area contributed by atoms with Gasteiger partial charge in [-0.3, -0.25) is 4.79 Å². The zero-order valence-electron chi connectivity index (χ0n) is 7.76. The van der Waals surface area contributed by atoms with Crippen LogP contribution in [0.15, 0.2) is 0 Å². The summed E-state index contributed by atoms with van der Waals surface area (Å²) in [6.45, 7) is 1.10. The summed E-state index contributed by atoms with van der Waals surface area (Å²) in [5, 5.41) is 0. The first-order chi connectivity index (χ1) is 4.92. The van der Waals surface area contributed by atoms with Gasteiger partial charge >= 0.3 is 0 Å². The lowest BCUT2D eigenvalue weighted by molar-refractivity contribution is -0.870. The number of rotatable bonds is 5. The summed E-state index contributed by atoms with van der Waals surface area (Å²) in [5.41, 5.74) is 5.00. The highest BCUT2D eigenvalue weighted by molar-refractivity contribution is 5.73. The summed E-state index contributed by atoms with van der Waals surface area (Å²) in [6.07, 6.45) is 2.53. The fraction of sp³-hybridized carbons (Fsp3) is 0.875. The molecule has 0 bridgehead atoms. The highest BCUT2D eigenvalue weighted by Crippen LogP contribution is 1.99. The summed E-state index contributed by atoms with van der Waals surface area (Å²) < 4.78 is 0.957. The standard InChI is InChI=1S/C8H18N2O/c1-10(2,3)7-5-4-6-8(9)11/h4-7H2,1-3H3,(H-,9,11)/p+1. The largest absolute Gasteiger partial charge is 0.370 e.